The molecule has 2 rings (SSSR count). The smallest absolute Gasteiger partial charge is 0.333 e. The van der Waals surface area contributed by atoms with Crippen LogP contribution in [0, 0.1) is 17.3 Å². The number of fused-ring (bicyclic) bond motifs is 1. The van der Waals surface area contributed by atoms with Crippen molar-refractivity contribution in [2.75, 3.05) is 0 Å². The number of ketones is 1. The fourth-order valence-electron chi connectivity index (χ4n) is 3.81. The van der Waals surface area contributed by atoms with E-state index < -0.39 is 0 Å². The predicted molar refractivity (Wildman–Crippen MR) is 91.8 cm³/mol. The first-order valence-corrected chi connectivity index (χ1v) is 8.45. The highest BCUT2D eigenvalue weighted by Gasteiger charge is 2.48. The molecule has 0 aliphatic heterocycles. The normalized spacial score (nSPS) is 34.5. The van der Waals surface area contributed by atoms with Gasteiger partial charge in [0.05, 0.1) is 0 Å². The second kappa shape index (κ2) is 6.46. The second-order valence-corrected chi connectivity index (χ2v) is 7.34. The minimum atomic E-state index is -0.233. The van der Waals surface area contributed by atoms with Crippen LogP contribution in [-0.2, 0) is 14.3 Å². The van der Waals surface area contributed by atoms with Gasteiger partial charge in [-0.05, 0) is 51.5 Å². The summed E-state index contributed by atoms with van der Waals surface area (Å²) in [4.78, 5) is 24.4. The highest BCUT2D eigenvalue weighted by Crippen LogP contribution is 2.53. The maximum absolute atomic E-state index is 12.3. The van der Waals surface area contributed by atoms with Crippen molar-refractivity contribution in [3.05, 3.63) is 35.5 Å². The topological polar surface area (TPSA) is 43.4 Å². The molecule has 0 aromatic carbocycles. The average molecular weight is 316 g/mol. The number of ether oxygens (including phenoxy) is 1. The van der Waals surface area contributed by atoms with Gasteiger partial charge in [-0.3, -0.25) is 4.79 Å². The van der Waals surface area contributed by atoms with E-state index >= 15 is 0 Å². The van der Waals surface area contributed by atoms with E-state index in [0.717, 1.165) is 24.8 Å². The van der Waals surface area contributed by atoms with Crippen LogP contribution in [0.15, 0.2) is 35.5 Å². The van der Waals surface area contributed by atoms with Crippen molar-refractivity contribution in [2.24, 2.45) is 17.3 Å². The van der Waals surface area contributed by atoms with Gasteiger partial charge in [0.2, 0.25) is 0 Å². The molecule has 0 bridgehead atoms. The Bertz CT molecular complexity index is 596. The summed E-state index contributed by atoms with van der Waals surface area (Å²) in [5.41, 5.74) is 2.66. The van der Waals surface area contributed by atoms with Gasteiger partial charge < -0.3 is 4.74 Å². The van der Waals surface area contributed by atoms with Gasteiger partial charge in [-0.15, -0.1) is 0 Å². The van der Waals surface area contributed by atoms with Crippen LogP contribution < -0.4 is 0 Å². The van der Waals surface area contributed by atoms with Crippen LogP contribution in [0.25, 0.3) is 0 Å². The van der Waals surface area contributed by atoms with Crippen LogP contribution in [0.3, 0.4) is 0 Å². The van der Waals surface area contributed by atoms with Crippen molar-refractivity contribution in [1.29, 1.82) is 0 Å². The number of esters is 1. The zero-order valence-electron chi connectivity index (χ0n) is 14.9. The Balaban J connectivity index is 2.25. The van der Waals surface area contributed by atoms with Gasteiger partial charge >= 0.3 is 5.97 Å². The molecule has 1 fully saturated rings. The molecule has 0 spiro atoms. The molecule has 0 aromatic rings. The lowest BCUT2D eigenvalue weighted by atomic mass is 9.57. The van der Waals surface area contributed by atoms with Crippen molar-refractivity contribution < 1.29 is 14.3 Å². The molecule has 0 heterocycles. The van der Waals surface area contributed by atoms with E-state index in [4.69, 9.17) is 4.74 Å². The minimum Gasteiger partial charge on any atom is -0.459 e. The number of carbonyl (C=O) groups is 2. The maximum Gasteiger partial charge on any atom is 0.333 e. The summed E-state index contributed by atoms with van der Waals surface area (Å²) in [5.74, 6) is 0.0186. The first-order valence-electron chi connectivity index (χ1n) is 8.45. The Morgan fingerprint density at radius 3 is 2.65 bits per heavy atom. The molecule has 0 N–H and O–H groups in total. The molecule has 0 aromatic heterocycles. The molecule has 4 atom stereocenters. The van der Waals surface area contributed by atoms with E-state index in [9.17, 15) is 9.59 Å². The van der Waals surface area contributed by atoms with Gasteiger partial charge in [-0.1, -0.05) is 37.6 Å². The number of rotatable bonds is 3. The number of hydrogen-bond acceptors (Lipinski definition) is 3. The zero-order chi connectivity index (χ0) is 17.4. The van der Waals surface area contributed by atoms with E-state index in [0.29, 0.717) is 5.57 Å². The zero-order valence-corrected chi connectivity index (χ0v) is 14.9. The SMILES string of the molecule is C=C(C)[C@H]1C[C@@]2(C)C(=CC1=O)CC[C@@H](OC(=O)/C(C)=C\C)[C@@H]2C. The molecule has 0 radical (unpaired) electrons. The van der Waals surface area contributed by atoms with Crippen LogP contribution >= 0.6 is 0 Å². The van der Waals surface area contributed by atoms with Crippen LogP contribution in [0.1, 0.15) is 53.9 Å². The first kappa shape index (κ1) is 17.7. The summed E-state index contributed by atoms with van der Waals surface area (Å²) in [6, 6.07) is 0. The molecule has 23 heavy (non-hydrogen) atoms. The summed E-state index contributed by atoms with van der Waals surface area (Å²) >= 11 is 0. The summed E-state index contributed by atoms with van der Waals surface area (Å²) in [6.07, 6.45) is 5.88. The van der Waals surface area contributed by atoms with E-state index in [-0.39, 0.29) is 35.1 Å². The Kier molecular flexibility index (Phi) is 4.98. The number of hydrogen-bond donors (Lipinski definition) is 0. The Labute approximate surface area is 139 Å². The lowest BCUT2D eigenvalue weighted by Gasteiger charge is -2.49. The van der Waals surface area contributed by atoms with Gasteiger partial charge in [0.25, 0.3) is 0 Å². The quantitative estimate of drug-likeness (QED) is 0.440. The highest BCUT2D eigenvalue weighted by atomic mass is 16.5. The molecule has 3 nitrogen and oxygen atoms in total. The van der Waals surface area contributed by atoms with Crippen LogP contribution in [-0.4, -0.2) is 17.9 Å². The molecule has 0 saturated heterocycles. The van der Waals surface area contributed by atoms with E-state index in [1.54, 1.807) is 13.0 Å². The van der Waals surface area contributed by atoms with Crippen molar-refractivity contribution in [3.63, 3.8) is 0 Å². The lowest BCUT2D eigenvalue weighted by Crippen LogP contribution is -2.46. The molecular formula is C20H28O3. The van der Waals surface area contributed by atoms with E-state index in [1.165, 1.54) is 5.57 Å². The Hall–Kier alpha value is -1.64. The number of carbonyl (C=O) groups excluding carboxylic acids is 2. The second-order valence-electron chi connectivity index (χ2n) is 7.34. The van der Waals surface area contributed by atoms with Gasteiger partial charge in [-0.25, -0.2) is 4.79 Å². The molecule has 1 saturated carbocycles. The molecule has 126 valence electrons. The van der Waals surface area contributed by atoms with Crippen molar-refractivity contribution in [3.8, 4) is 0 Å². The van der Waals surface area contributed by atoms with Crippen LogP contribution in [0.2, 0.25) is 0 Å². The summed E-state index contributed by atoms with van der Waals surface area (Å²) in [7, 11) is 0. The fourth-order valence-corrected chi connectivity index (χ4v) is 3.81. The summed E-state index contributed by atoms with van der Waals surface area (Å²) in [6.45, 7) is 13.9. The van der Waals surface area contributed by atoms with Gasteiger partial charge in [0.15, 0.2) is 5.78 Å². The van der Waals surface area contributed by atoms with Gasteiger partial charge in [-0.2, -0.15) is 0 Å². The molecule has 2 aliphatic carbocycles. The third-order valence-electron chi connectivity index (χ3n) is 5.89. The van der Waals surface area contributed by atoms with E-state index in [1.807, 2.05) is 19.9 Å². The fraction of sp³-hybridized carbons (Fsp3) is 0.600. The van der Waals surface area contributed by atoms with Crippen molar-refractivity contribution in [2.45, 2.75) is 60.0 Å². The maximum atomic E-state index is 12.3. The highest BCUT2D eigenvalue weighted by molar-refractivity contribution is 5.95. The Morgan fingerprint density at radius 2 is 2.09 bits per heavy atom. The van der Waals surface area contributed by atoms with Gasteiger partial charge in [0, 0.05) is 17.4 Å². The summed E-state index contributed by atoms with van der Waals surface area (Å²) in [5, 5.41) is 0. The third kappa shape index (κ3) is 3.19. The molecule has 0 unspecified atom stereocenters. The molecule has 0 amide bonds. The van der Waals surface area contributed by atoms with Crippen molar-refractivity contribution >= 4 is 11.8 Å². The first-order chi connectivity index (χ1) is 10.7. The van der Waals surface area contributed by atoms with Crippen LogP contribution in [0.5, 0.6) is 0 Å². The molecular weight excluding hydrogens is 288 g/mol. The molecule has 2 aliphatic rings. The van der Waals surface area contributed by atoms with Gasteiger partial charge in [0.1, 0.15) is 6.10 Å². The average Bonchev–Trinajstić information content (AvgIpc) is 2.50. The number of allylic oxidation sites excluding steroid dienone is 4. The van der Waals surface area contributed by atoms with E-state index in [2.05, 4.69) is 20.4 Å². The minimum absolute atomic E-state index is 0.0986. The Morgan fingerprint density at radius 1 is 1.43 bits per heavy atom. The third-order valence-corrected chi connectivity index (χ3v) is 5.89. The largest absolute Gasteiger partial charge is 0.459 e. The standard InChI is InChI=1S/C20H28O3/c1-7-13(4)19(22)23-18-9-8-15-10-17(21)16(12(2)3)11-20(15,6)14(18)5/h7,10,14,16,18H,2,8-9,11H2,1,3-6H3/b13-7-/t14-,16+,18+,20+/m0/s1. The van der Waals surface area contributed by atoms with Crippen molar-refractivity contribution in [1.82, 2.24) is 0 Å². The predicted octanol–water partition coefficient (Wildman–Crippen LogP) is 4.39. The summed E-state index contributed by atoms with van der Waals surface area (Å²) < 4.78 is 5.75. The molecule has 3 heteroatoms. The van der Waals surface area contributed by atoms with Crippen LogP contribution in [0.4, 0.5) is 0 Å². The lowest BCUT2D eigenvalue weighted by molar-refractivity contribution is -0.151. The monoisotopic (exact) mass is 316 g/mol.